The number of nitrogens with zero attached hydrogens (tertiary/aromatic N) is 2. The van der Waals surface area contributed by atoms with E-state index in [1.165, 1.54) is 47.1 Å². The van der Waals surface area contributed by atoms with Crippen molar-refractivity contribution in [3.05, 3.63) is 10.6 Å². The normalized spacial score (nSPS) is 16.2. The van der Waals surface area contributed by atoms with Crippen molar-refractivity contribution in [1.29, 1.82) is 0 Å². The lowest BCUT2D eigenvalue weighted by molar-refractivity contribution is 0.669. The molecule has 1 aliphatic rings. The van der Waals surface area contributed by atoms with Crippen LogP contribution in [0.2, 0.25) is 0 Å². The zero-order valence-electron chi connectivity index (χ0n) is 13.8. The molecule has 0 bridgehead atoms. The summed E-state index contributed by atoms with van der Waals surface area (Å²) in [4.78, 5) is 8.78. The van der Waals surface area contributed by atoms with Gasteiger partial charge in [-0.25, -0.2) is 4.98 Å². The Morgan fingerprint density at radius 1 is 1.43 bits per heavy atom. The fourth-order valence-electron chi connectivity index (χ4n) is 2.47. The molecule has 1 aromatic heterocycles. The van der Waals surface area contributed by atoms with Gasteiger partial charge in [0.25, 0.3) is 0 Å². The summed E-state index contributed by atoms with van der Waals surface area (Å²) in [7, 11) is 2.21. The Bertz CT molecular complexity index is 429. The molecule has 1 unspecified atom stereocenters. The largest absolute Gasteiger partial charge is 0.347 e. The van der Waals surface area contributed by atoms with Crippen molar-refractivity contribution in [3.8, 4) is 0 Å². The van der Waals surface area contributed by atoms with Crippen LogP contribution in [0.25, 0.3) is 0 Å². The number of anilines is 1. The molecular weight excluding hydrogens is 298 g/mol. The lowest BCUT2D eigenvalue weighted by atomic mass is 10.2. The standard InChI is InChI=1S/C16H29N3S2/c1-5-7-14-15(10-17-12-8-9-12)21-16(18-14)19(3)13(6-2)11-20-4/h12-13,17H,5-11H2,1-4H3. The van der Waals surface area contributed by atoms with Gasteiger partial charge in [0.05, 0.1) is 5.69 Å². The molecule has 1 heterocycles. The maximum absolute atomic E-state index is 4.94. The van der Waals surface area contributed by atoms with E-state index in [0.717, 1.165) is 19.0 Å². The van der Waals surface area contributed by atoms with Gasteiger partial charge in [0.15, 0.2) is 5.13 Å². The third kappa shape index (κ3) is 4.86. The molecule has 21 heavy (non-hydrogen) atoms. The van der Waals surface area contributed by atoms with Crippen LogP contribution in [0.15, 0.2) is 0 Å². The number of nitrogens with one attached hydrogen (secondary N) is 1. The summed E-state index contributed by atoms with van der Waals surface area (Å²) in [6, 6.07) is 1.35. The second kappa shape index (κ2) is 8.39. The van der Waals surface area contributed by atoms with Crippen LogP contribution in [0.5, 0.6) is 0 Å². The van der Waals surface area contributed by atoms with Crippen LogP contribution in [0.4, 0.5) is 5.13 Å². The highest BCUT2D eigenvalue weighted by molar-refractivity contribution is 7.98. The van der Waals surface area contributed by atoms with Gasteiger partial charge in [0, 0.05) is 36.3 Å². The number of aryl methyl sites for hydroxylation is 1. The van der Waals surface area contributed by atoms with Gasteiger partial charge in [-0.15, -0.1) is 11.3 Å². The highest BCUT2D eigenvalue weighted by Crippen LogP contribution is 2.30. The Kier molecular flexibility index (Phi) is 6.83. The quantitative estimate of drug-likeness (QED) is 0.705. The molecule has 1 saturated carbocycles. The van der Waals surface area contributed by atoms with Crippen LogP contribution in [0.1, 0.15) is 50.1 Å². The minimum absolute atomic E-state index is 0.588. The fourth-order valence-corrected chi connectivity index (χ4v) is 4.40. The first-order valence-electron chi connectivity index (χ1n) is 8.13. The average Bonchev–Trinajstić information content (AvgIpc) is 3.23. The molecule has 1 aromatic rings. The summed E-state index contributed by atoms with van der Waals surface area (Å²) in [5, 5.41) is 4.84. The van der Waals surface area contributed by atoms with Crippen LogP contribution in [-0.2, 0) is 13.0 Å². The highest BCUT2D eigenvalue weighted by Gasteiger charge is 2.23. The summed E-state index contributed by atoms with van der Waals surface area (Å²) in [5.74, 6) is 1.17. The number of rotatable bonds is 10. The number of hydrogen-bond donors (Lipinski definition) is 1. The highest BCUT2D eigenvalue weighted by atomic mass is 32.2. The zero-order valence-corrected chi connectivity index (χ0v) is 15.4. The SMILES string of the molecule is CCCc1nc(N(C)C(CC)CSC)sc1CNC1CC1. The van der Waals surface area contributed by atoms with Gasteiger partial charge in [0.2, 0.25) is 0 Å². The van der Waals surface area contributed by atoms with Crippen molar-refractivity contribution in [3.63, 3.8) is 0 Å². The van der Waals surface area contributed by atoms with Crippen LogP contribution < -0.4 is 10.2 Å². The minimum Gasteiger partial charge on any atom is -0.347 e. The first-order valence-corrected chi connectivity index (χ1v) is 10.3. The molecule has 5 heteroatoms. The van der Waals surface area contributed by atoms with Gasteiger partial charge in [-0.2, -0.15) is 11.8 Å². The Balaban J connectivity index is 2.08. The average molecular weight is 328 g/mol. The number of thioether (sulfide) groups is 1. The fraction of sp³-hybridized carbons (Fsp3) is 0.812. The first-order chi connectivity index (χ1) is 10.2. The summed E-state index contributed by atoms with van der Waals surface area (Å²) in [6.45, 7) is 5.52. The molecule has 1 atom stereocenters. The second-order valence-corrected chi connectivity index (χ2v) is 7.87. The van der Waals surface area contributed by atoms with E-state index in [4.69, 9.17) is 4.98 Å². The Labute approximate surface area is 137 Å². The molecule has 2 rings (SSSR count). The molecule has 1 fully saturated rings. The second-order valence-electron chi connectivity index (χ2n) is 5.90. The van der Waals surface area contributed by atoms with E-state index in [1.54, 1.807) is 0 Å². The van der Waals surface area contributed by atoms with Crippen LogP contribution in [-0.4, -0.2) is 36.1 Å². The first kappa shape index (κ1) is 17.1. The van der Waals surface area contributed by atoms with Crippen molar-refractivity contribution in [1.82, 2.24) is 10.3 Å². The summed E-state index contributed by atoms with van der Waals surface area (Å²) in [6.07, 6.45) is 8.33. The van der Waals surface area contributed by atoms with Gasteiger partial charge in [-0.1, -0.05) is 20.3 Å². The van der Waals surface area contributed by atoms with E-state index < -0.39 is 0 Å². The minimum atomic E-state index is 0.588. The molecule has 1 N–H and O–H groups in total. The maximum Gasteiger partial charge on any atom is 0.185 e. The molecule has 1 aliphatic carbocycles. The van der Waals surface area contributed by atoms with Crippen molar-refractivity contribution < 1.29 is 0 Å². The Morgan fingerprint density at radius 2 is 2.19 bits per heavy atom. The summed E-state index contributed by atoms with van der Waals surface area (Å²) < 4.78 is 0. The molecule has 120 valence electrons. The lowest BCUT2D eigenvalue weighted by Crippen LogP contribution is -2.33. The van der Waals surface area contributed by atoms with Crippen LogP contribution >= 0.6 is 23.1 Å². The molecule has 3 nitrogen and oxygen atoms in total. The van der Waals surface area contributed by atoms with E-state index in [-0.39, 0.29) is 0 Å². The molecule has 0 radical (unpaired) electrons. The Morgan fingerprint density at radius 3 is 2.76 bits per heavy atom. The lowest BCUT2D eigenvalue weighted by Gasteiger charge is -2.26. The Hall–Kier alpha value is -0.260. The topological polar surface area (TPSA) is 28.2 Å². The maximum atomic E-state index is 4.94. The number of thiazole rings is 1. The molecular formula is C16H29N3S2. The molecule has 0 saturated heterocycles. The predicted octanol–water partition coefficient (Wildman–Crippen LogP) is 3.93. The van der Waals surface area contributed by atoms with E-state index in [1.807, 2.05) is 23.1 Å². The number of hydrogen-bond acceptors (Lipinski definition) is 5. The summed E-state index contributed by atoms with van der Waals surface area (Å²) >= 11 is 3.81. The van der Waals surface area contributed by atoms with Gasteiger partial charge in [0.1, 0.15) is 0 Å². The van der Waals surface area contributed by atoms with Crippen molar-refractivity contribution in [2.45, 2.75) is 64.6 Å². The van der Waals surface area contributed by atoms with Crippen molar-refractivity contribution >= 4 is 28.2 Å². The van der Waals surface area contributed by atoms with Crippen molar-refractivity contribution in [2.75, 3.05) is 24.0 Å². The smallest absolute Gasteiger partial charge is 0.185 e. The molecule has 0 aromatic carbocycles. The number of aromatic nitrogens is 1. The molecule has 0 amide bonds. The van der Waals surface area contributed by atoms with Crippen LogP contribution in [0.3, 0.4) is 0 Å². The molecule has 0 spiro atoms. The van der Waals surface area contributed by atoms with Gasteiger partial charge >= 0.3 is 0 Å². The van der Waals surface area contributed by atoms with E-state index >= 15 is 0 Å². The van der Waals surface area contributed by atoms with E-state index in [2.05, 4.69) is 37.4 Å². The van der Waals surface area contributed by atoms with Crippen molar-refractivity contribution in [2.24, 2.45) is 0 Å². The predicted molar refractivity (Wildman–Crippen MR) is 96.8 cm³/mol. The monoisotopic (exact) mass is 327 g/mol. The molecule has 0 aliphatic heterocycles. The zero-order chi connectivity index (χ0) is 15.2. The third-order valence-electron chi connectivity index (χ3n) is 4.06. The van der Waals surface area contributed by atoms with Gasteiger partial charge < -0.3 is 10.2 Å². The van der Waals surface area contributed by atoms with E-state index in [9.17, 15) is 0 Å². The van der Waals surface area contributed by atoms with E-state index in [0.29, 0.717) is 6.04 Å². The third-order valence-corrected chi connectivity index (χ3v) is 5.97. The summed E-state index contributed by atoms with van der Waals surface area (Å²) in [5.41, 5.74) is 1.32. The van der Waals surface area contributed by atoms with Gasteiger partial charge in [-0.05, 0) is 31.9 Å². The van der Waals surface area contributed by atoms with Crippen LogP contribution in [0, 0.1) is 0 Å². The van der Waals surface area contributed by atoms with Gasteiger partial charge in [-0.3, -0.25) is 0 Å².